The molecular formula is C7H5N3O2. The minimum Gasteiger partial charge on any atom is -0.391 e. The lowest BCUT2D eigenvalue weighted by molar-refractivity contribution is -0.384. The van der Waals surface area contributed by atoms with Crippen LogP contribution in [0.2, 0.25) is 0 Å². The summed E-state index contributed by atoms with van der Waals surface area (Å²) in [4.78, 5) is 13.4. The second kappa shape index (κ2) is 2.88. The summed E-state index contributed by atoms with van der Waals surface area (Å²) < 4.78 is 0. The number of aromatic nitrogens is 1. The van der Waals surface area contributed by atoms with E-state index in [4.69, 9.17) is 12.2 Å². The summed E-state index contributed by atoms with van der Waals surface area (Å²) in [6.45, 7) is 0. The minimum atomic E-state index is -0.599. The predicted molar refractivity (Wildman–Crippen MR) is 43.2 cm³/mol. The molecule has 1 heterocycles. The predicted octanol–water partition coefficient (Wildman–Crippen LogP) is 0.553. The number of nitro groups is 1. The average molecular weight is 163 g/mol. The molecule has 0 unspecified atom stereocenters. The molecule has 0 bridgehead atoms. The molecule has 0 aliphatic rings. The molecule has 0 saturated carbocycles. The van der Waals surface area contributed by atoms with E-state index in [9.17, 15) is 10.1 Å². The highest BCUT2D eigenvalue weighted by atomic mass is 16.6. The van der Waals surface area contributed by atoms with Crippen LogP contribution >= 0.6 is 0 Å². The molecule has 0 atom stereocenters. The second-order valence-corrected chi connectivity index (χ2v) is 1.99. The van der Waals surface area contributed by atoms with Crippen molar-refractivity contribution in [3.8, 4) is 12.3 Å². The van der Waals surface area contributed by atoms with Gasteiger partial charge in [0.25, 0.3) is 5.69 Å². The molecule has 5 heteroatoms. The van der Waals surface area contributed by atoms with Gasteiger partial charge in [0.1, 0.15) is 11.4 Å². The van der Waals surface area contributed by atoms with Crippen molar-refractivity contribution in [2.45, 2.75) is 0 Å². The van der Waals surface area contributed by atoms with Crippen LogP contribution in [0.4, 0.5) is 11.4 Å². The van der Waals surface area contributed by atoms with E-state index < -0.39 is 4.92 Å². The summed E-state index contributed by atoms with van der Waals surface area (Å²) in [5.74, 6) is 2.15. The van der Waals surface area contributed by atoms with Gasteiger partial charge >= 0.3 is 0 Å². The van der Waals surface area contributed by atoms with E-state index in [2.05, 4.69) is 10.9 Å². The molecule has 0 fully saturated rings. The summed E-state index contributed by atoms with van der Waals surface area (Å²) in [5, 5.41) is 10.3. The number of hydrogen-bond donors (Lipinski definition) is 1. The molecule has 0 radical (unpaired) electrons. The SMILES string of the molecule is C#Cc1nccc([N+](=O)[O-])c1N. The van der Waals surface area contributed by atoms with Crippen LogP contribution in [0.1, 0.15) is 5.69 Å². The fourth-order valence-corrected chi connectivity index (χ4v) is 0.737. The molecule has 1 rings (SSSR count). The van der Waals surface area contributed by atoms with Crippen LogP contribution in [0, 0.1) is 22.5 Å². The lowest BCUT2D eigenvalue weighted by atomic mass is 10.3. The Morgan fingerprint density at radius 1 is 1.75 bits per heavy atom. The van der Waals surface area contributed by atoms with E-state index in [0.29, 0.717) is 0 Å². The Hall–Kier alpha value is -2.09. The summed E-state index contributed by atoms with van der Waals surface area (Å²) in [6, 6.07) is 1.20. The van der Waals surface area contributed by atoms with Crippen molar-refractivity contribution in [3.63, 3.8) is 0 Å². The van der Waals surface area contributed by atoms with E-state index in [1.54, 1.807) is 0 Å². The Morgan fingerprint density at radius 2 is 2.42 bits per heavy atom. The molecule has 2 N–H and O–H groups in total. The van der Waals surface area contributed by atoms with Crippen molar-refractivity contribution < 1.29 is 4.92 Å². The van der Waals surface area contributed by atoms with Crippen LogP contribution in [-0.2, 0) is 0 Å². The Kier molecular flexibility index (Phi) is 1.92. The molecule has 5 nitrogen and oxygen atoms in total. The summed E-state index contributed by atoms with van der Waals surface area (Å²) in [7, 11) is 0. The molecule has 0 saturated heterocycles. The first-order chi connectivity index (χ1) is 5.66. The third kappa shape index (κ3) is 1.18. The summed E-state index contributed by atoms with van der Waals surface area (Å²) >= 11 is 0. The number of anilines is 1. The van der Waals surface area contributed by atoms with Crippen molar-refractivity contribution in [2.24, 2.45) is 0 Å². The average Bonchev–Trinajstić information content (AvgIpc) is 2.04. The molecule has 60 valence electrons. The number of nitrogen functional groups attached to an aromatic ring is 1. The van der Waals surface area contributed by atoms with Crippen LogP contribution in [0.3, 0.4) is 0 Å². The van der Waals surface area contributed by atoms with Gasteiger partial charge in [-0.1, -0.05) is 0 Å². The number of nitrogens with two attached hydrogens (primary N) is 1. The maximum atomic E-state index is 10.3. The van der Waals surface area contributed by atoms with Crippen molar-refractivity contribution in [3.05, 3.63) is 28.1 Å². The zero-order valence-corrected chi connectivity index (χ0v) is 6.02. The molecule has 0 aliphatic heterocycles. The Bertz CT molecular complexity index is 367. The van der Waals surface area contributed by atoms with E-state index >= 15 is 0 Å². The third-order valence-corrected chi connectivity index (χ3v) is 1.30. The Morgan fingerprint density at radius 3 is 2.92 bits per heavy atom. The number of nitrogens with zero attached hydrogens (tertiary/aromatic N) is 2. The monoisotopic (exact) mass is 163 g/mol. The van der Waals surface area contributed by atoms with Crippen LogP contribution in [0.15, 0.2) is 12.3 Å². The Labute approximate surface area is 68.4 Å². The van der Waals surface area contributed by atoms with Crippen molar-refractivity contribution >= 4 is 11.4 Å². The maximum Gasteiger partial charge on any atom is 0.296 e. The van der Waals surface area contributed by atoms with Crippen molar-refractivity contribution in [1.82, 2.24) is 4.98 Å². The van der Waals surface area contributed by atoms with Gasteiger partial charge in [0.15, 0.2) is 0 Å². The normalized spacial score (nSPS) is 8.92. The molecule has 0 aromatic carbocycles. The van der Waals surface area contributed by atoms with Crippen LogP contribution in [0.25, 0.3) is 0 Å². The van der Waals surface area contributed by atoms with Gasteiger partial charge in [-0.15, -0.1) is 6.42 Å². The first-order valence-corrected chi connectivity index (χ1v) is 3.02. The number of pyridine rings is 1. The zero-order chi connectivity index (χ0) is 9.14. The maximum absolute atomic E-state index is 10.3. The third-order valence-electron chi connectivity index (χ3n) is 1.30. The fraction of sp³-hybridized carbons (Fsp3) is 0. The number of hydrogen-bond acceptors (Lipinski definition) is 4. The van der Waals surface area contributed by atoms with Gasteiger partial charge in [0.2, 0.25) is 0 Å². The van der Waals surface area contributed by atoms with E-state index in [1.165, 1.54) is 12.3 Å². The van der Waals surface area contributed by atoms with Gasteiger partial charge in [0.05, 0.1) is 4.92 Å². The first kappa shape index (κ1) is 8.01. The topological polar surface area (TPSA) is 82.0 Å². The highest BCUT2D eigenvalue weighted by molar-refractivity contribution is 5.64. The molecule has 0 aliphatic carbocycles. The quantitative estimate of drug-likeness (QED) is 0.372. The van der Waals surface area contributed by atoms with Gasteiger partial charge in [-0.25, -0.2) is 4.98 Å². The van der Waals surface area contributed by atoms with E-state index in [0.717, 1.165) is 0 Å². The fourth-order valence-electron chi connectivity index (χ4n) is 0.737. The zero-order valence-electron chi connectivity index (χ0n) is 6.02. The highest BCUT2D eigenvalue weighted by Gasteiger charge is 2.13. The number of terminal acetylenes is 1. The molecule has 12 heavy (non-hydrogen) atoms. The smallest absolute Gasteiger partial charge is 0.296 e. The minimum absolute atomic E-state index is 0.0648. The van der Waals surface area contributed by atoms with Crippen LogP contribution in [0.5, 0.6) is 0 Å². The highest BCUT2D eigenvalue weighted by Crippen LogP contribution is 2.21. The first-order valence-electron chi connectivity index (χ1n) is 3.02. The molecule has 1 aromatic heterocycles. The van der Waals surface area contributed by atoms with Gasteiger partial charge in [0, 0.05) is 12.3 Å². The summed E-state index contributed by atoms with van der Waals surface area (Å²) in [5.41, 5.74) is 5.17. The van der Waals surface area contributed by atoms with Gasteiger partial charge in [-0.3, -0.25) is 10.1 Å². The molecule has 0 amide bonds. The number of rotatable bonds is 1. The van der Waals surface area contributed by atoms with E-state index in [1.807, 2.05) is 0 Å². The standard InChI is InChI=1S/C7H5N3O2/c1-2-5-7(8)6(10(11)12)3-4-9-5/h1,3-4H,8H2. The second-order valence-electron chi connectivity index (χ2n) is 1.99. The molecular weight excluding hydrogens is 158 g/mol. The Balaban J connectivity index is 3.35. The van der Waals surface area contributed by atoms with Crippen LogP contribution < -0.4 is 5.73 Å². The van der Waals surface area contributed by atoms with Crippen LogP contribution in [-0.4, -0.2) is 9.91 Å². The van der Waals surface area contributed by atoms with Gasteiger partial charge in [-0.2, -0.15) is 0 Å². The lowest BCUT2D eigenvalue weighted by Gasteiger charge is -1.97. The van der Waals surface area contributed by atoms with E-state index in [-0.39, 0.29) is 17.1 Å². The van der Waals surface area contributed by atoms with Crippen molar-refractivity contribution in [1.29, 1.82) is 0 Å². The largest absolute Gasteiger partial charge is 0.391 e. The lowest BCUT2D eigenvalue weighted by Crippen LogP contribution is -1.99. The molecule has 1 aromatic rings. The van der Waals surface area contributed by atoms with Gasteiger partial charge in [-0.05, 0) is 5.92 Å². The summed E-state index contributed by atoms with van der Waals surface area (Å²) in [6.07, 6.45) is 6.26. The van der Waals surface area contributed by atoms with Crippen molar-refractivity contribution in [2.75, 3.05) is 5.73 Å². The molecule has 0 spiro atoms. The van der Waals surface area contributed by atoms with Gasteiger partial charge < -0.3 is 5.73 Å².